The fourth-order valence-corrected chi connectivity index (χ4v) is 3.11. The molecule has 166 valence electrons. The van der Waals surface area contributed by atoms with Crippen molar-refractivity contribution in [2.45, 2.75) is 84.0 Å². The Balaban J connectivity index is 1.93. The van der Waals surface area contributed by atoms with Crippen molar-refractivity contribution >= 4 is 11.7 Å². The van der Waals surface area contributed by atoms with Gasteiger partial charge in [0.05, 0.1) is 6.54 Å². The highest BCUT2D eigenvalue weighted by Gasteiger charge is 2.08. The molecule has 1 rings (SSSR count). The lowest BCUT2D eigenvalue weighted by atomic mass is 10.1. The highest BCUT2D eigenvalue weighted by molar-refractivity contribution is 5.99. The van der Waals surface area contributed by atoms with Gasteiger partial charge in [0.1, 0.15) is 5.75 Å². The number of phenols is 1. The molecule has 1 aromatic rings. The van der Waals surface area contributed by atoms with Crippen molar-refractivity contribution in [2.24, 2.45) is 0 Å². The summed E-state index contributed by atoms with van der Waals surface area (Å²) in [6.45, 7) is 2.24. The van der Waals surface area contributed by atoms with Gasteiger partial charge >= 0.3 is 0 Å². The summed E-state index contributed by atoms with van der Waals surface area (Å²) in [6.07, 6.45) is 22.3. The number of carbonyl (C=O) groups is 2. The third-order valence-electron chi connectivity index (χ3n) is 4.99. The molecule has 0 atom stereocenters. The maximum Gasteiger partial charge on any atom is 0.220 e. The van der Waals surface area contributed by atoms with E-state index in [0.29, 0.717) is 12.0 Å². The number of phenolic OH excluding ortho intramolecular Hbond substituents is 1. The van der Waals surface area contributed by atoms with E-state index in [9.17, 15) is 14.7 Å². The van der Waals surface area contributed by atoms with Crippen LogP contribution in [0.1, 0.15) is 94.3 Å². The summed E-state index contributed by atoms with van der Waals surface area (Å²) in [4.78, 5) is 23.8. The van der Waals surface area contributed by atoms with Crippen molar-refractivity contribution in [3.05, 3.63) is 54.1 Å². The van der Waals surface area contributed by atoms with E-state index in [-0.39, 0.29) is 24.0 Å². The maximum atomic E-state index is 12.0. The van der Waals surface area contributed by atoms with E-state index in [1.54, 1.807) is 12.1 Å². The molecular formula is C26H39NO3. The van der Waals surface area contributed by atoms with Crippen molar-refractivity contribution < 1.29 is 14.7 Å². The van der Waals surface area contributed by atoms with Crippen LogP contribution in [0, 0.1) is 0 Å². The Hall–Kier alpha value is -2.36. The lowest BCUT2D eigenvalue weighted by Crippen LogP contribution is -2.29. The second-order valence-corrected chi connectivity index (χ2v) is 7.73. The summed E-state index contributed by atoms with van der Waals surface area (Å²) in [5, 5.41) is 11.9. The molecule has 0 heterocycles. The normalized spacial score (nSPS) is 11.4. The van der Waals surface area contributed by atoms with Gasteiger partial charge in [-0.15, -0.1) is 0 Å². The summed E-state index contributed by atoms with van der Waals surface area (Å²) in [5.41, 5.74) is 0.491. The van der Waals surface area contributed by atoms with Crippen molar-refractivity contribution in [1.29, 1.82) is 0 Å². The molecule has 0 radical (unpaired) electrons. The summed E-state index contributed by atoms with van der Waals surface area (Å²) in [6, 6.07) is 6.06. The second-order valence-electron chi connectivity index (χ2n) is 7.73. The standard InChI is InChI=1S/C26H39NO3/c1-2-3-4-5-6-7-8-9-10-11-12-13-14-15-16-17-26(30)27-22-25(29)23-18-20-24(28)21-19-23/h6-7,9-10,18-21,28H,2-5,8,11-17,22H2,1H3,(H,27,30). The van der Waals surface area contributed by atoms with Crippen LogP contribution in [-0.4, -0.2) is 23.3 Å². The number of carbonyl (C=O) groups excluding carboxylic acids is 2. The zero-order valence-corrected chi connectivity index (χ0v) is 18.6. The Morgan fingerprint density at radius 1 is 0.833 bits per heavy atom. The van der Waals surface area contributed by atoms with E-state index in [4.69, 9.17) is 0 Å². The molecule has 0 aliphatic heterocycles. The van der Waals surface area contributed by atoms with Crippen LogP contribution in [0.4, 0.5) is 0 Å². The van der Waals surface area contributed by atoms with Gasteiger partial charge in [-0.05, 0) is 62.8 Å². The van der Waals surface area contributed by atoms with E-state index in [1.807, 2.05) is 0 Å². The van der Waals surface area contributed by atoms with Crippen molar-refractivity contribution in [2.75, 3.05) is 6.54 Å². The summed E-state index contributed by atoms with van der Waals surface area (Å²) in [5.74, 6) is -0.104. The third kappa shape index (κ3) is 13.8. The van der Waals surface area contributed by atoms with E-state index < -0.39 is 0 Å². The summed E-state index contributed by atoms with van der Waals surface area (Å²) >= 11 is 0. The van der Waals surface area contributed by atoms with Crippen LogP contribution in [0.15, 0.2) is 48.6 Å². The van der Waals surface area contributed by atoms with Crippen LogP contribution in [0.5, 0.6) is 5.75 Å². The van der Waals surface area contributed by atoms with E-state index in [0.717, 1.165) is 32.1 Å². The number of hydrogen-bond donors (Lipinski definition) is 2. The third-order valence-corrected chi connectivity index (χ3v) is 4.99. The Labute approximate surface area is 182 Å². The Morgan fingerprint density at radius 3 is 2.10 bits per heavy atom. The fourth-order valence-electron chi connectivity index (χ4n) is 3.11. The lowest BCUT2D eigenvalue weighted by Gasteiger charge is -2.05. The first kappa shape index (κ1) is 25.7. The first-order valence-corrected chi connectivity index (χ1v) is 11.5. The van der Waals surface area contributed by atoms with Gasteiger partial charge in [0.25, 0.3) is 0 Å². The molecule has 30 heavy (non-hydrogen) atoms. The van der Waals surface area contributed by atoms with E-state index in [1.165, 1.54) is 50.7 Å². The van der Waals surface area contributed by atoms with Crippen LogP contribution in [0.2, 0.25) is 0 Å². The topological polar surface area (TPSA) is 66.4 Å². The van der Waals surface area contributed by atoms with Gasteiger partial charge < -0.3 is 10.4 Å². The van der Waals surface area contributed by atoms with E-state index in [2.05, 4.69) is 36.5 Å². The van der Waals surface area contributed by atoms with Gasteiger partial charge in [0.15, 0.2) is 5.78 Å². The molecule has 0 fully saturated rings. The number of hydrogen-bond acceptors (Lipinski definition) is 3. The largest absolute Gasteiger partial charge is 0.508 e. The average Bonchev–Trinajstić information content (AvgIpc) is 2.75. The van der Waals surface area contributed by atoms with Crippen LogP contribution < -0.4 is 5.32 Å². The highest BCUT2D eigenvalue weighted by Crippen LogP contribution is 2.10. The molecule has 1 amide bonds. The number of aromatic hydroxyl groups is 1. The number of benzene rings is 1. The quantitative estimate of drug-likeness (QED) is 0.174. The Morgan fingerprint density at radius 2 is 1.43 bits per heavy atom. The predicted octanol–water partition coefficient (Wildman–Crippen LogP) is 6.50. The summed E-state index contributed by atoms with van der Waals surface area (Å²) in [7, 11) is 0. The van der Waals surface area contributed by atoms with Crippen LogP contribution in [-0.2, 0) is 4.79 Å². The zero-order valence-electron chi connectivity index (χ0n) is 18.6. The van der Waals surface area contributed by atoms with Crippen molar-refractivity contribution in [1.82, 2.24) is 5.32 Å². The number of Topliss-reactive ketones (excluding diaryl/α,β-unsaturated/α-hetero) is 1. The number of allylic oxidation sites excluding steroid dienone is 4. The van der Waals surface area contributed by atoms with Crippen LogP contribution in [0.3, 0.4) is 0 Å². The molecule has 2 N–H and O–H groups in total. The molecule has 0 unspecified atom stereocenters. The van der Waals surface area contributed by atoms with Crippen molar-refractivity contribution in [3.63, 3.8) is 0 Å². The summed E-state index contributed by atoms with van der Waals surface area (Å²) < 4.78 is 0. The fraction of sp³-hybridized carbons (Fsp3) is 0.538. The average molecular weight is 414 g/mol. The smallest absolute Gasteiger partial charge is 0.220 e. The first-order chi connectivity index (χ1) is 14.6. The second kappa shape index (κ2) is 17.5. The predicted molar refractivity (Wildman–Crippen MR) is 125 cm³/mol. The number of unbranched alkanes of at least 4 members (excludes halogenated alkanes) is 8. The van der Waals surface area contributed by atoms with Gasteiger partial charge in [-0.1, -0.05) is 63.3 Å². The molecule has 4 heteroatoms. The number of ketones is 1. The van der Waals surface area contributed by atoms with Gasteiger partial charge in [-0.3, -0.25) is 9.59 Å². The maximum absolute atomic E-state index is 12.0. The molecule has 1 aromatic carbocycles. The molecule has 0 aliphatic rings. The molecule has 0 bridgehead atoms. The van der Waals surface area contributed by atoms with Gasteiger partial charge in [0.2, 0.25) is 5.91 Å². The van der Waals surface area contributed by atoms with Crippen LogP contribution in [0.25, 0.3) is 0 Å². The molecule has 0 aliphatic carbocycles. The molecule has 0 aromatic heterocycles. The van der Waals surface area contributed by atoms with Gasteiger partial charge in [-0.25, -0.2) is 0 Å². The first-order valence-electron chi connectivity index (χ1n) is 11.5. The SMILES string of the molecule is CCCCCC=CCC=CCCCCCCCC(=O)NCC(=O)c1ccc(O)cc1. The van der Waals surface area contributed by atoms with Gasteiger partial charge in [0, 0.05) is 12.0 Å². The van der Waals surface area contributed by atoms with Crippen LogP contribution >= 0.6 is 0 Å². The zero-order chi connectivity index (χ0) is 21.9. The minimum Gasteiger partial charge on any atom is -0.508 e. The Kier molecular flexibility index (Phi) is 15.0. The monoisotopic (exact) mass is 413 g/mol. The molecule has 0 saturated heterocycles. The lowest BCUT2D eigenvalue weighted by molar-refractivity contribution is -0.121. The molecule has 0 saturated carbocycles. The van der Waals surface area contributed by atoms with Crippen molar-refractivity contribution in [3.8, 4) is 5.75 Å². The van der Waals surface area contributed by atoms with Gasteiger partial charge in [-0.2, -0.15) is 0 Å². The molecule has 4 nitrogen and oxygen atoms in total. The minimum absolute atomic E-state index is 0.00384. The number of rotatable bonds is 17. The minimum atomic E-state index is -0.150. The molecular weight excluding hydrogens is 374 g/mol. The number of nitrogens with one attached hydrogen (secondary N) is 1. The highest BCUT2D eigenvalue weighted by atomic mass is 16.3. The molecule has 0 spiro atoms. The number of amides is 1. The Bertz CT molecular complexity index is 647. The van der Waals surface area contributed by atoms with E-state index >= 15 is 0 Å².